The maximum atomic E-state index is 11.3. The van der Waals surface area contributed by atoms with Crippen LogP contribution in [0.4, 0.5) is 0 Å². The molecule has 0 amide bonds. The van der Waals surface area contributed by atoms with Crippen LogP contribution in [0, 0.1) is 6.92 Å². The first-order valence-corrected chi connectivity index (χ1v) is 6.89. The summed E-state index contributed by atoms with van der Waals surface area (Å²) in [6, 6.07) is 5.99. The minimum atomic E-state index is -0.308. The molecule has 1 aromatic heterocycles. The van der Waals surface area contributed by atoms with E-state index in [1.807, 2.05) is 31.2 Å². The quantitative estimate of drug-likeness (QED) is 0.629. The lowest BCUT2D eigenvalue weighted by molar-refractivity contribution is -0.137. The molecule has 0 unspecified atom stereocenters. The van der Waals surface area contributed by atoms with Crippen LogP contribution in [0.5, 0.6) is 5.75 Å². The number of fused-ring (bicyclic) bond motifs is 1. The van der Waals surface area contributed by atoms with Crippen LogP contribution in [0.25, 0.3) is 16.2 Å². The summed E-state index contributed by atoms with van der Waals surface area (Å²) in [5.41, 5.74) is 1.15. The topological polar surface area (TPSA) is 35.5 Å². The Morgan fingerprint density at radius 1 is 1.42 bits per heavy atom. The number of ether oxygens (including phenoxy) is 2. The van der Waals surface area contributed by atoms with Crippen LogP contribution in [0.15, 0.2) is 24.3 Å². The zero-order chi connectivity index (χ0) is 13.8. The highest BCUT2D eigenvalue weighted by molar-refractivity contribution is 7.20. The van der Waals surface area contributed by atoms with Crippen LogP contribution >= 0.6 is 11.3 Å². The third-order valence-electron chi connectivity index (χ3n) is 2.84. The molecule has 0 saturated carbocycles. The van der Waals surface area contributed by atoms with Gasteiger partial charge >= 0.3 is 5.97 Å². The predicted octanol–water partition coefficient (Wildman–Crippen LogP) is 3.79. The molecule has 0 radical (unpaired) electrons. The van der Waals surface area contributed by atoms with Gasteiger partial charge < -0.3 is 9.47 Å². The lowest BCUT2D eigenvalue weighted by atomic mass is 10.1. The number of methoxy groups -OCH3 is 1. The van der Waals surface area contributed by atoms with Crippen LogP contribution in [-0.4, -0.2) is 19.7 Å². The summed E-state index contributed by atoms with van der Waals surface area (Å²) >= 11 is 1.65. The molecule has 3 nitrogen and oxygen atoms in total. The molecule has 19 heavy (non-hydrogen) atoms. The van der Waals surface area contributed by atoms with Gasteiger partial charge in [0.15, 0.2) is 0 Å². The Labute approximate surface area is 116 Å². The average Bonchev–Trinajstić information content (AvgIpc) is 2.73. The Balaban J connectivity index is 2.34. The second kappa shape index (κ2) is 5.89. The SMILES string of the molecule is CCOC(=O)C=Cc1sc2ccc(OC)cc2c1C. The summed E-state index contributed by atoms with van der Waals surface area (Å²) in [5.74, 6) is 0.534. The number of carbonyl (C=O) groups is 1. The highest BCUT2D eigenvalue weighted by atomic mass is 32.1. The minimum absolute atomic E-state index is 0.308. The van der Waals surface area contributed by atoms with Gasteiger partial charge in [-0.3, -0.25) is 0 Å². The highest BCUT2D eigenvalue weighted by Crippen LogP contribution is 2.34. The zero-order valence-corrected chi connectivity index (χ0v) is 12.0. The van der Waals surface area contributed by atoms with Gasteiger partial charge in [-0.05, 0) is 49.1 Å². The molecular formula is C15H16O3S. The summed E-state index contributed by atoms with van der Waals surface area (Å²) in [5, 5.41) is 1.16. The van der Waals surface area contributed by atoms with E-state index in [0.717, 1.165) is 21.6 Å². The second-order valence-electron chi connectivity index (χ2n) is 4.04. The molecule has 4 heteroatoms. The fourth-order valence-electron chi connectivity index (χ4n) is 1.84. The van der Waals surface area contributed by atoms with Crippen molar-refractivity contribution in [2.75, 3.05) is 13.7 Å². The summed E-state index contributed by atoms with van der Waals surface area (Å²) in [4.78, 5) is 12.4. The molecule has 0 atom stereocenters. The smallest absolute Gasteiger partial charge is 0.330 e. The van der Waals surface area contributed by atoms with Crippen molar-refractivity contribution < 1.29 is 14.3 Å². The lowest BCUT2D eigenvalue weighted by Gasteiger charge is -1.99. The van der Waals surface area contributed by atoms with Gasteiger partial charge in [-0.2, -0.15) is 0 Å². The first kappa shape index (κ1) is 13.6. The predicted molar refractivity (Wildman–Crippen MR) is 78.8 cm³/mol. The number of thiophene rings is 1. The molecule has 100 valence electrons. The molecule has 2 aromatic rings. The second-order valence-corrected chi connectivity index (χ2v) is 5.12. The van der Waals surface area contributed by atoms with Crippen molar-refractivity contribution in [2.24, 2.45) is 0 Å². The van der Waals surface area contributed by atoms with Gasteiger partial charge in [0.25, 0.3) is 0 Å². The number of esters is 1. The summed E-state index contributed by atoms with van der Waals surface area (Å²) in [6.07, 6.45) is 3.28. The van der Waals surface area contributed by atoms with E-state index >= 15 is 0 Å². The standard InChI is InChI=1S/C15H16O3S/c1-4-18-15(16)8-7-13-10(2)12-9-11(17-3)5-6-14(12)19-13/h5-9H,4H2,1-3H3. The van der Waals surface area contributed by atoms with E-state index in [9.17, 15) is 4.79 Å². The van der Waals surface area contributed by atoms with Crippen molar-refractivity contribution in [1.82, 2.24) is 0 Å². The molecule has 0 saturated heterocycles. The monoisotopic (exact) mass is 276 g/mol. The van der Waals surface area contributed by atoms with Crippen molar-refractivity contribution >= 4 is 33.5 Å². The molecule has 0 spiro atoms. The first-order chi connectivity index (χ1) is 9.15. The maximum absolute atomic E-state index is 11.3. The Hall–Kier alpha value is -1.81. The summed E-state index contributed by atoms with van der Waals surface area (Å²) in [6.45, 7) is 4.23. The molecular weight excluding hydrogens is 260 g/mol. The number of benzene rings is 1. The first-order valence-electron chi connectivity index (χ1n) is 6.07. The van der Waals surface area contributed by atoms with Crippen LogP contribution in [0.2, 0.25) is 0 Å². The molecule has 2 rings (SSSR count). The maximum Gasteiger partial charge on any atom is 0.330 e. The molecule has 0 aliphatic rings. The van der Waals surface area contributed by atoms with Crippen molar-refractivity contribution in [3.05, 3.63) is 34.7 Å². The van der Waals surface area contributed by atoms with Crippen LogP contribution in [-0.2, 0) is 9.53 Å². The van der Waals surface area contributed by atoms with E-state index < -0.39 is 0 Å². The lowest BCUT2D eigenvalue weighted by Crippen LogP contribution is -1.98. The molecule has 1 aromatic carbocycles. The molecule has 0 aliphatic carbocycles. The highest BCUT2D eigenvalue weighted by Gasteiger charge is 2.07. The normalized spacial score (nSPS) is 11.1. The van der Waals surface area contributed by atoms with Gasteiger partial charge in [0, 0.05) is 15.7 Å². The Morgan fingerprint density at radius 3 is 2.89 bits per heavy atom. The van der Waals surface area contributed by atoms with Gasteiger partial charge in [-0.15, -0.1) is 11.3 Å². The summed E-state index contributed by atoms with van der Waals surface area (Å²) in [7, 11) is 1.66. The van der Waals surface area contributed by atoms with Crippen molar-refractivity contribution in [3.63, 3.8) is 0 Å². The van der Waals surface area contributed by atoms with Gasteiger partial charge in [0.05, 0.1) is 13.7 Å². The minimum Gasteiger partial charge on any atom is -0.497 e. The third-order valence-corrected chi connectivity index (χ3v) is 4.08. The van der Waals surface area contributed by atoms with E-state index in [1.165, 1.54) is 10.8 Å². The van der Waals surface area contributed by atoms with E-state index in [4.69, 9.17) is 9.47 Å². The van der Waals surface area contributed by atoms with Gasteiger partial charge in [-0.25, -0.2) is 4.79 Å². The fourth-order valence-corrected chi connectivity index (χ4v) is 2.93. The Morgan fingerprint density at radius 2 is 2.21 bits per heavy atom. The number of hydrogen-bond donors (Lipinski definition) is 0. The van der Waals surface area contributed by atoms with E-state index in [1.54, 1.807) is 25.4 Å². The fraction of sp³-hybridized carbons (Fsp3) is 0.267. The van der Waals surface area contributed by atoms with E-state index in [0.29, 0.717) is 6.61 Å². The summed E-state index contributed by atoms with van der Waals surface area (Å²) < 4.78 is 11.3. The molecule has 0 bridgehead atoms. The molecule has 0 aliphatic heterocycles. The Bertz CT molecular complexity index is 626. The van der Waals surface area contributed by atoms with Crippen molar-refractivity contribution in [1.29, 1.82) is 0 Å². The largest absolute Gasteiger partial charge is 0.497 e. The van der Waals surface area contributed by atoms with Crippen molar-refractivity contribution in [2.45, 2.75) is 13.8 Å². The van der Waals surface area contributed by atoms with Crippen molar-refractivity contribution in [3.8, 4) is 5.75 Å². The van der Waals surface area contributed by atoms with E-state index in [-0.39, 0.29) is 5.97 Å². The van der Waals surface area contributed by atoms with Crippen LogP contribution < -0.4 is 4.74 Å². The zero-order valence-electron chi connectivity index (χ0n) is 11.2. The average molecular weight is 276 g/mol. The Kier molecular flexibility index (Phi) is 4.22. The third kappa shape index (κ3) is 2.96. The molecule has 1 heterocycles. The van der Waals surface area contributed by atoms with Gasteiger partial charge in [0.1, 0.15) is 5.75 Å². The number of hydrogen-bond acceptors (Lipinski definition) is 4. The number of rotatable bonds is 4. The molecule has 0 N–H and O–H groups in total. The van der Waals surface area contributed by atoms with Gasteiger partial charge in [-0.1, -0.05) is 0 Å². The van der Waals surface area contributed by atoms with Crippen LogP contribution in [0.3, 0.4) is 0 Å². The van der Waals surface area contributed by atoms with Gasteiger partial charge in [0.2, 0.25) is 0 Å². The number of carbonyl (C=O) groups excluding carboxylic acids is 1. The molecule has 0 fully saturated rings. The van der Waals surface area contributed by atoms with Crippen LogP contribution in [0.1, 0.15) is 17.4 Å². The van der Waals surface area contributed by atoms with E-state index in [2.05, 4.69) is 0 Å². The number of aryl methyl sites for hydroxylation is 1.